The summed E-state index contributed by atoms with van der Waals surface area (Å²) in [5.74, 6) is -1.41. The summed E-state index contributed by atoms with van der Waals surface area (Å²) < 4.78 is 0. The summed E-state index contributed by atoms with van der Waals surface area (Å²) in [6.07, 6.45) is 1.61. The summed E-state index contributed by atoms with van der Waals surface area (Å²) in [6.45, 7) is 3.77. The van der Waals surface area contributed by atoms with Crippen LogP contribution in [-0.2, 0) is 4.79 Å². The summed E-state index contributed by atoms with van der Waals surface area (Å²) in [5, 5.41) is 20.6. The molecule has 0 aliphatic rings. The zero-order chi connectivity index (χ0) is 12.1. The third-order valence-electron chi connectivity index (χ3n) is 1.96. The van der Waals surface area contributed by atoms with Crippen molar-refractivity contribution in [2.24, 2.45) is 5.92 Å². The lowest BCUT2D eigenvalue weighted by molar-refractivity contribution is -0.139. The van der Waals surface area contributed by atoms with E-state index in [9.17, 15) is 9.59 Å². The molecule has 7 heteroatoms. The summed E-state index contributed by atoms with van der Waals surface area (Å²) in [5.41, 5.74) is 0.0787. The maximum absolute atomic E-state index is 11.5. The summed E-state index contributed by atoms with van der Waals surface area (Å²) >= 11 is 0. The number of aromatic nitrogens is 3. The van der Waals surface area contributed by atoms with Crippen molar-refractivity contribution in [3.63, 3.8) is 0 Å². The van der Waals surface area contributed by atoms with E-state index in [4.69, 9.17) is 5.11 Å². The Morgan fingerprint density at radius 1 is 1.56 bits per heavy atom. The molecule has 1 rings (SSSR count). The van der Waals surface area contributed by atoms with Gasteiger partial charge in [0, 0.05) is 0 Å². The normalized spacial score (nSPS) is 12.4. The molecule has 0 unspecified atom stereocenters. The van der Waals surface area contributed by atoms with E-state index in [1.54, 1.807) is 0 Å². The van der Waals surface area contributed by atoms with Crippen molar-refractivity contribution in [2.75, 3.05) is 0 Å². The quantitative estimate of drug-likeness (QED) is 0.656. The predicted octanol–water partition coefficient (Wildman–Crippen LogP) is 0.0338. The molecule has 0 fully saturated rings. The predicted molar refractivity (Wildman–Crippen MR) is 54.7 cm³/mol. The molecule has 1 heterocycles. The monoisotopic (exact) mass is 226 g/mol. The van der Waals surface area contributed by atoms with Crippen LogP contribution in [0.4, 0.5) is 0 Å². The molecule has 0 spiro atoms. The molecule has 16 heavy (non-hydrogen) atoms. The molecule has 1 aromatic rings. The fourth-order valence-corrected chi connectivity index (χ4v) is 1.24. The highest BCUT2D eigenvalue weighted by atomic mass is 16.4. The number of carbonyl (C=O) groups is 2. The molecule has 0 aliphatic carbocycles. The fourth-order valence-electron chi connectivity index (χ4n) is 1.24. The van der Waals surface area contributed by atoms with Crippen molar-refractivity contribution < 1.29 is 14.7 Å². The summed E-state index contributed by atoms with van der Waals surface area (Å²) in [7, 11) is 0. The van der Waals surface area contributed by atoms with Gasteiger partial charge < -0.3 is 10.4 Å². The number of carboxylic acids is 1. The molecule has 7 nitrogen and oxygen atoms in total. The number of H-pyrrole nitrogens is 1. The van der Waals surface area contributed by atoms with E-state index in [0.717, 1.165) is 0 Å². The van der Waals surface area contributed by atoms with Crippen LogP contribution in [0.1, 0.15) is 30.8 Å². The third kappa shape index (κ3) is 3.34. The van der Waals surface area contributed by atoms with Gasteiger partial charge in [-0.05, 0) is 12.3 Å². The van der Waals surface area contributed by atoms with Crippen LogP contribution < -0.4 is 5.32 Å². The van der Waals surface area contributed by atoms with E-state index in [-0.39, 0.29) is 11.6 Å². The number of carbonyl (C=O) groups excluding carboxylic acids is 1. The molecule has 88 valence electrons. The van der Waals surface area contributed by atoms with Gasteiger partial charge in [0.1, 0.15) is 6.04 Å². The van der Waals surface area contributed by atoms with Crippen molar-refractivity contribution in [1.29, 1.82) is 0 Å². The largest absolute Gasteiger partial charge is 0.480 e. The van der Waals surface area contributed by atoms with Crippen molar-refractivity contribution in [1.82, 2.24) is 20.7 Å². The number of hydrogen-bond donors (Lipinski definition) is 3. The second-order valence-corrected chi connectivity index (χ2v) is 3.85. The Morgan fingerprint density at radius 2 is 2.25 bits per heavy atom. The number of carboxylic acid groups (broad SMARTS) is 1. The van der Waals surface area contributed by atoms with Crippen LogP contribution in [0.2, 0.25) is 0 Å². The molecule has 3 N–H and O–H groups in total. The molecule has 1 amide bonds. The number of nitrogens with zero attached hydrogens (tertiary/aromatic N) is 2. The molecular weight excluding hydrogens is 212 g/mol. The number of aromatic amines is 1. The van der Waals surface area contributed by atoms with Crippen LogP contribution in [0.5, 0.6) is 0 Å². The Morgan fingerprint density at radius 3 is 2.69 bits per heavy atom. The van der Waals surface area contributed by atoms with Gasteiger partial charge in [-0.25, -0.2) is 4.79 Å². The van der Waals surface area contributed by atoms with E-state index in [1.165, 1.54) is 6.20 Å². The minimum Gasteiger partial charge on any atom is -0.480 e. The van der Waals surface area contributed by atoms with Gasteiger partial charge in [0.15, 0.2) is 5.69 Å². The van der Waals surface area contributed by atoms with E-state index in [2.05, 4.69) is 20.7 Å². The maximum atomic E-state index is 11.5. The first kappa shape index (κ1) is 12.2. The van der Waals surface area contributed by atoms with Gasteiger partial charge in [0.05, 0.1) is 6.20 Å². The van der Waals surface area contributed by atoms with Crippen LogP contribution in [0.25, 0.3) is 0 Å². The van der Waals surface area contributed by atoms with Gasteiger partial charge in [0.25, 0.3) is 5.91 Å². The van der Waals surface area contributed by atoms with Crippen molar-refractivity contribution in [3.05, 3.63) is 11.9 Å². The van der Waals surface area contributed by atoms with Gasteiger partial charge in [0.2, 0.25) is 0 Å². The second-order valence-electron chi connectivity index (χ2n) is 3.85. The molecule has 0 saturated heterocycles. The molecule has 0 aliphatic heterocycles. The zero-order valence-corrected chi connectivity index (χ0v) is 9.10. The van der Waals surface area contributed by atoms with Gasteiger partial charge in [-0.2, -0.15) is 15.4 Å². The number of nitrogens with one attached hydrogen (secondary N) is 2. The Balaban J connectivity index is 2.62. The van der Waals surface area contributed by atoms with E-state index in [0.29, 0.717) is 6.42 Å². The average Bonchev–Trinajstić information content (AvgIpc) is 2.68. The van der Waals surface area contributed by atoms with Crippen molar-refractivity contribution in [3.8, 4) is 0 Å². The molecule has 1 aromatic heterocycles. The lowest BCUT2D eigenvalue weighted by Crippen LogP contribution is -2.41. The lowest BCUT2D eigenvalue weighted by atomic mass is 10.0. The second kappa shape index (κ2) is 5.24. The Kier molecular flexibility index (Phi) is 3.98. The van der Waals surface area contributed by atoms with Crippen molar-refractivity contribution >= 4 is 11.9 Å². The molecular formula is C9H14N4O3. The van der Waals surface area contributed by atoms with Crippen LogP contribution >= 0.6 is 0 Å². The van der Waals surface area contributed by atoms with Gasteiger partial charge in [-0.3, -0.25) is 4.79 Å². The number of amides is 1. The van der Waals surface area contributed by atoms with E-state index < -0.39 is 17.9 Å². The van der Waals surface area contributed by atoms with Gasteiger partial charge in [-0.1, -0.05) is 13.8 Å². The topological polar surface area (TPSA) is 108 Å². The summed E-state index contributed by atoms with van der Waals surface area (Å²) in [4.78, 5) is 22.4. The first-order valence-electron chi connectivity index (χ1n) is 4.90. The minimum atomic E-state index is -1.05. The minimum absolute atomic E-state index is 0.0787. The SMILES string of the molecule is CC(C)C[C@@H](NC(=O)c1cn[nH]n1)C(=O)O. The number of rotatable bonds is 5. The average molecular weight is 226 g/mol. The number of hydrogen-bond acceptors (Lipinski definition) is 4. The highest BCUT2D eigenvalue weighted by Gasteiger charge is 2.22. The van der Waals surface area contributed by atoms with Gasteiger partial charge >= 0.3 is 5.97 Å². The van der Waals surface area contributed by atoms with Crippen LogP contribution in [0.15, 0.2) is 6.20 Å². The molecule has 0 aromatic carbocycles. The standard InChI is InChI=1S/C9H14N4O3/c1-5(2)3-6(9(15)16)11-8(14)7-4-10-13-12-7/h4-6H,3H2,1-2H3,(H,11,14)(H,15,16)(H,10,12,13)/t6-/m1/s1. The first-order chi connectivity index (χ1) is 7.50. The fraction of sp³-hybridized carbons (Fsp3) is 0.556. The van der Waals surface area contributed by atoms with Crippen LogP contribution in [0.3, 0.4) is 0 Å². The van der Waals surface area contributed by atoms with E-state index in [1.807, 2.05) is 13.8 Å². The highest BCUT2D eigenvalue weighted by Crippen LogP contribution is 2.05. The highest BCUT2D eigenvalue weighted by molar-refractivity contribution is 5.94. The van der Waals surface area contributed by atoms with Crippen LogP contribution in [-0.4, -0.2) is 38.4 Å². The zero-order valence-electron chi connectivity index (χ0n) is 9.10. The lowest BCUT2D eigenvalue weighted by Gasteiger charge is -2.15. The van der Waals surface area contributed by atoms with Crippen molar-refractivity contribution in [2.45, 2.75) is 26.3 Å². The van der Waals surface area contributed by atoms with Gasteiger partial charge in [-0.15, -0.1) is 0 Å². The molecule has 0 saturated carbocycles. The molecule has 1 atom stereocenters. The third-order valence-corrected chi connectivity index (χ3v) is 1.96. The van der Waals surface area contributed by atoms with E-state index >= 15 is 0 Å². The maximum Gasteiger partial charge on any atom is 0.326 e. The van der Waals surface area contributed by atoms with Crippen LogP contribution in [0, 0.1) is 5.92 Å². The Labute approximate surface area is 92.2 Å². The first-order valence-corrected chi connectivity index (χ1v) is 4.90. The Bertz CT molecular complexity index is 361. The smallest absolute Gasteiger partial charge is 0.326 e. The summed E-state index contributed by atoms with van der Waals surface area (Å²) in [6, 6.07) is -0.899. The molecule has 0 bridgehead atoms. The Hall–Kier alpha value is -1.92. The number of aliphatic carboxylic acids is 1. The molecule has 0 radical (unpaired) electrons.